The Kier molecular flexibility index (Phi) is 4.81. The molecular weight excluding hydrogens is 243 g/mol. The van der Waals surface area contributed by atoms with Crippen molar-refractivity contribution in [1.29, 1.82) is 0 Å². The van der Waals surface area contributed by atoms with E-state index in [0.29, 0.717) is 12.5 Å². The highest BCUT2D eigenvalue weighted by atomic mass is 19.4. The first-order valence-corrected chi connectivity index (χ1v) is 5.87. The van der Waals surface area contributed by atoms with Crippen molar-refractivity contribution in [2.75, 3.05) is 17.6 Å². The Bertz CT molecular complexity index is 389. The Morgan fingerprint density at radius 2 is 2.00 bits per heavy atom. The summed E-state index contributed by atoms with van der Waals surface area (Å²) in [5.41, 5.74) is 4.58. The maximum atomic E-state index is 12.5. The summed E-state index contributed by atoms with van der Waals surface area (Å²) in [5.74, 6) is 0.619. The third-order valence-corrected chi connectivity index (χ3v) is 2.44. The molecule has 1 heterocycles. The molecule has 0 aliphatic carbocycles. The lowest BCUT2D eigenvalue weighted by molar-refractivity contribution is -0.137. The summed E-state index contributed by atoms with van der Waals surface area (Å²) < 4.78 is 37.6. The van der Waals surface area contributed by atoms with Gasteiger partial charge in [0, 0.05) is 6.54 Å². The Morgan fingerprint density at radius 1 is 1.33 bits per heavy atom. The van der Waals surface area contributed by atoms with Crippen molar-refractivity contribution in [3.05, 3.63) is 17.7 Å². The fourth-order valence-corrected chi connectivity index (χ4v) is 1.53. The van der Waals surface area contributed by atoms with Crippen molar-refractivity contribution in [3.63, 3.8) is 0 Å². The van der Waals surface area contributed by atoms with E-state index in [2.05, 4.69) is 24.1 Å². The number of nitrogens with zero attached hydrogens (tertiary/aromatic N) is 1. The summed E-state index contributed by atoms with van der Waals surface area (Å²) in [7, 11) is 0. The van der Waals surface area contributed by atoms with Crippen LogP contribution in [0.3, 0.4) is 0 Å². The van der Waals surface area contributed by atoms with Crippen molar-refractivity contribution >= 4 is 11.6 Å². The van der Waals surface area contributed by atoms with Crippen LogP contribution < -0.4 is 11.1 Å². The number of pyridine rings is 1. The van der Waals surface area contributed by atoms with Gasteiger partial charge in [-0.25, -0.2) is 4.98 Å². The van der Waals surface area contributed by atoms with Crippen LogP contribution in [-0.2, 0) is 6.18 Å². The van der Waals surface area contributed by atoms with Crippen molar-refractivity contribution in [2.45, 2.75) is 32.9 Å². The third kappa shape index (κ3) is 4.81. The summed E-state index contributed by atoms with van der Waals surface area (Å²) in [6.07, 6.45) is -2.50. The smallest absolute Gasteiger partial charge is 0.384 e. The number of halogens is 3. The maximum absolute atomic E-state index is 12.5. The Labute approximate surface area is 105 Å². The second-order valence-electron chi connectivity index (χ2n) is 4.63. The summed E-state index contributed by atoms with van der Waals surface area (Å²) in [4.78, 5) is 3.83. The largest absolute Gasteiger partial charge is 0.416 e. The topological polar surface area (TPSA) is 50.9 Å². The first-order valence-electron chi connectivity index (χ1n) is 5.87. The molecule has 0 aromatic carbocycles. The van der Waals surface area contributed by atoms with Crippen LogP contribution in [0.15, 0.2) is 12.1 Å². The number of nitrogens with two attached hydrogens (primary N) is 1. The van der Waals surface area contributed by atoms with E-state index in [4.69, 9.17) is 5.73 Å². The number of anilines is 2. The molecule has 0 fully saturated rings. The third-order valence-electron chi connectivity index (χ3n) is 2.44. The van der Waals surface area contributed by atoms with Gasteiger partial charge in [0.05, 0.1) is 5.56 Å². The van der Waals surface area contributed by atoms with Crippen LogP contribution in [0.2, 0.25) is 0 Å². The van der Waals surface area contributed by atoms with E-state index in [1.807, 2.05) is 0 Å². The number of hydrogen-bond acceptors (Lipinski definition) is 3. The minimum atomic E-state index is -4.40. The molecule has 0 atom stereocenters. The molecule has 3 N–H and O–H groups in total. The van der Waals surface area contributed by atoms with Gasteiger partial charge in [-0.15, -0.1) is 0 Å². The van der Waals surface area contributed by atoms with Gasteiger partial charge in [-0.2, -0.15) is 13.2 Å². The normalized spacial score (nSPS) is 11.9. The molecule has 0 aliphatic heterocycles. The zero-order valence-corrected chi connectivity index (χ0v) is 10.5. The highest BCUT2D eigenvalue weighted by molar-refractivity contribution is 5.47. The first-order chi connectivity index (χ1) is 8.29. The van der Waals surface area contributed by atoms with E-state index in [-0.39, 0.29) is 11.6 Å². The number of rotatable bonds is 5. The molecule has 6 heteroatoms. The van der Waals surface area contributed by atoms with E-state index in [0.717, 1.165) is 25.0 Å². The van der Waals surface area contributed by atoms with Gasteiger partial charge in [0.25, 0.3) is 0 Å². The molecule has 102 valence electrons. The molecule has 0 spiro atoms. The SMILES string of the molecule is CC(C)CCCNc1cc(C(F)(F)F)cc(N)n1. The average Bonchev–Trinajstić information content (AvgIpc) is 2.22. The summed E-state index contributed by atoms with van der Waals surface area (Å²) in [6.45, 7) is 4.78. The van der Waals surface area contributed by atoms with Gasteiger partial charge in [0.2, 0.25) is 0 Å². The lowest BCUT2D eigenvalue weighted by Gasteiger charge is -2.11. The molecule has 18 heavy (non-hydrogen) atoms. The lowest BCUT2D eigenvalue weighted by atomic mass is 10.1. The first kappa shape index (κ1) is 14.6. The van der Waals surface area contributed by atoms with Crippen LogP contribution in [0.1, 0.15) is 32.3 Å². The molecule has 1 aromatic rings. The molecule has 0 bridgehead atoms. The molecule has 0 aliphatic rings. The summed E-state index contributed by atoms with van der Waals surface area (Å²) >= 11 is 0. The van der Waals surface area contributed by atoms with Gasteiger partial charge < -0.3 is 11.1 Å². The highest BCUT2D eigenvalue weighted by Crippen LogP contribution is 2.31. The van der Waals surface area contributed by atoms with Crippen molar-refractivity contribution in [2.24, 2.45) is 5.92 Å². The van der Waals surface area contributed by atoms with Crippen LogP contribution in [0, 0.1) is 5.92 Å². The van der Waals surface area contributed by atoms with Gasteiger partial charge in [-0.05, 0) is 30.9 Å². The van der Waals surface area contributed by atoms with Gasteiger partial charge >= 0.3 is 6.18 Å². The zero-order valence-electron chi connectivity index (χ0n) is 10.5. The van der Waals surface area contributed by atoms with Crippen LogP contribution in [-0.4, -0.2) is 11.5 Å². The number of nitrogens with one attached hydrogen (secondary N) is 1. The van der Waals surface area contributed by atoms with E-state index in [1.165, 1.54) is 0 Å². The Hall–Kier alpha value is -1.46. The molecule has 0 saturated heterocycles. The van der Waals surface area contributed by atoms with Gasteiger partial charge in [0.1, 0.15) is 11.6 Å². The van der Waals surface area contributed by atoms with Gasteiger partial charge in [-0.3, -0.25) is 0 Å². The standard InChI is InChI=1S/C12H18F3N3/c1-8(2)4-3-5-17-11-7-9(12(13,14)15)6-10(16)18-11/h6-8H,3-5H2,1-2H3,(H3,16,17,18). The number of alkyl halides is 3. The van der Waals surface area contributed by atoms with E-state index < -0.39 is 11.7 Å². The number of nitrogen functional groups attached to an aromatic ring is 1. The summed E-state index contributed by atoms with van der Waals surface area (Å²) in [5, 5.41) is 2.86. The predicted octanol–water partition coefficient (Wildman–Crippen LogP) is 3.53. The molecule has 1 rings (SSSR count). The van der Waals surface area contributed by atoms with Crippen molar-refractivity contribution in [1.82, 2.24) is 4.98 Å². The van der Waals surface area contributed by atoms with Crippen LogP contribution >= 0.6 is 0 Å². The van der Waals surface area contributed by atoms with Crippen LogP contribution in [0.4, 0.5) is 24.8 Å². The minimum absolute atomic E-state index is 0.129. The van der Waals surface area contributed by atoms with E-state index in [1.54, 1.807) is 0 Å². The Morgan fingerprint density at radius 3 is 2.56 bits per heavy atom. The zero-order chi connectivity index (χ0) is 13.8. The maximum Gasteiger partial charge on any atom is 0.416 e. The number of aromatic nitrogens is 1. The van der Waals surface area contributed by atoms with E-state index in [9.17, 15) is 13.2 Å². The molecule has 0 amide bonds. The van der Waals surface area contributed by atoms with Crippen LogP contribution in [0.25, 0.3) is 0 Å². The molecule has 0 unspecified atom stereocenters. The fourth-order valence-electron chi connectivity index (χ4n) is 1.53. The van der Waals surface area contributed by atoms with E-state index >= 15 is 0 Å². The average molecular weight is 261 g/mol. The van der Waals surface area contributed by atoms with Gasteiger partial charge in [-0.1, -0.05) is 13.8 Å². The predicted molar refractivity (Wildman–Crippen MR) is 66.2 cm³/mol. The highest BCUT2D eigenvalue weighted by Gasteiger charge is 2.31. The van der Waals surface area contributed by atoms with Crippen LogP contribution in [0.5, 0.6) is 0 Å². The second kappa shape index (κ2) is 5.93. The quantitative estimate of drug-likeness (QED) is 0.797. The molecule has 0 saturated carbocycles. The molecule has 1 aromatic heterocycles. The fraction of sp³-hybridized carbons (Fsp3) is 0.583. The second-order valence-corrected chi connectivity index (χ2v) is 4.63. The Balaban J connectivity index is 2.63. The van der Waals surface area contributed by atoms with Gasteiger partial charge in [0.15, 0.2) is 0 Å². The molecule has 0 radical (unpaired) electrons. The minimum Gasteiger partial charge on any atom is -0.384 e. The molecule has 3 nitrogen and oxygen atoms in total. The van der Waals surface area contributed by atoms with Crippen molar-refractivity contribution in [3.8, 4) is 0 Å². The summed E-state index contributed by atoms with van der Waals surface area (Å²) in [6, 6.07) is 1.81. The monoisotopic (exact) mass is 261 g/mol. The lowest BCUT2D eigenvalue weighted by Crippen LogP contribution is -2.10. The molecular formula is C12H18F3N3. The van der Waals surface area contributed by atoms with Crippen molar-refractivity contribution < 1.29 is 13.2 Å². The number of hydrogen-bond donors (Lipinski definition) is 2.